The fourth-order valence-electron chi connectivity index (χ4n) is 2.67. The number of amides is 1. The predicted octanol–water partition coefficient (Wildman–Crippen LogP) is 4.49. The molecule has 1 heterocycles. The van der Waals surface area contributed by atoms with E-state index in [1.165, 1.54) is 30.7 Å². The molecular formula is C22H19BrN4O5. The summed E-state index contributed by atoms with van der Waals surface area (Å²) in [6, 6.07) is 12.8. The highest BCUT2D eigenvalue weighted by Crippen LogP contribution is 2.37. The van der Waals surface area contributed by atoms with Gasteiger partial charge in [-0.2, -0.15) is 5.10 Å². The topological polar surface area (TPSA) is 116 Å². The van der Waals surface area contributed by atoms with Gasteiger partial charge in [-0.15, -0.1) is 0 Å². The van der Waals surface area contributed by atoms with Gasteiger partial charge in [-0.05, 0) is 70.4 Å². The van der Waals surface area contributed by atoms with Crippen LogP contribution in [0.15, 0.2) is 70.5 Å². The van der Waals surface area contributed by atoms with Crippen molar-refractivity contribution >= 4 is 33.7 Å². The smallest absolute Gasteiger partial charge is 0.271 e. The molecule has 0 fully saturated rings. The van der Waals surface area contributed by atoms with Crippen molar-refractivity contribution in [1.82, 2.24) is 10.4 Å². The van der Waals surface area contributed by atoms with Gasteiger partial charge in [0.1, 0.15) is 6.61 Å². The first-order valence-electron chi connectivity index (χ1n) is 9.54. The zero-order chi connectivity index (χ0) is 22.9. The van der Waals surface area contributed by atoms with Crippen LogP contribution < -0.4 is 14.9 Å². The Bertz CT molecular complexity index is 1120. The van der Waals surface area contributed by atoms with E-state index < -0.39 is 4.92 Å². The van der Waals surface area contributed by atoms with Crippen LogP contribution in [0.25, 0.3) is 0 Å². The summed E-state index contributed by atoms with van der Waals surface area (Å²) in [5.41, 5.74) is 4.38. The van der Waals surface area contributed by atoms with E-state index in [0.717, 1.165) is 5.56 Å². The number of nitro groups is 1. The number of non-ortho nitro benzene ring substituents is 1. The molecule has 0 saturated carbocycles. The van der Waals surface area contributed by atoms with Crippen LogP contribution in [0.4, 0.5) is 5.69 Å². The van der Waals surface area contributed by atoms with Crippen LogP contribution in [-0.4, -0.2) is 28.6 Å². The van der Waals surface area contributed by atoms with Crippen molar-refractivity contribution in [2.75, 3.05) is 6.61 Å². The van der Waals surface area contributed by atoms with Gasteiger partial charge < -0.3 is 9.47 Å². The van der Waals surface area contributed by atoms with E-state index in [1.807, 2.05) is 6.92 Å². The maximum atomic E-state index is 12.1. The van der Waals surface area contributed by atoms with Crippen LogP contribution in [0.5, 0.6) is 11.5 Å². The van der Waals surface area contributed by atoms with Crippen molar-refractivity contribution in [3.63, 3.8) is 0 Å². The minimum absolute atomic E-state index is 0.0181. The van der Waals surface area contributed by atoms with Crippen molar-refractivity contribution < 1.29 is 19.2 Å². The lowest BCUT2D eigenvalue weighted by Gasteiger charge is -2.14. The molecule has 0 saturated heterocycles. The molecule has 0 aliphatic rings. The highest BCUT2D eigenvalue weighted by molar-refractivity contribution is 9.10. The number of carbonyl (C=O) groups excluding carboxylic acids is 1. The monoisotopic (exact) mass is 498 g/mol. The maximum absolute atomic E-state index is 12.1. The zero-order valence-corrected chi connectivity index (χ0v) is 18.6. The Labute approximate surface area is 192 Å². The van der Waals surface area contributed by atoms with Crippen molar-refractivity contribution in [2.24, 2.45) is 5.10 Å². The van der Waals surface area contributed by atoms with Gasteiger partial charge in [0.2, 0.25) is 0 Å². The summed E-state index contributed by atoms with van der Waals surface area (Å²) in [7, 11) is 0. The fourth-order valence-corrected chi connectivity index (χ4v) is 3.24. The molecular weight excluding hydrogens is 480 g/mol. The third-order valence-electron chi connectivity index (χ3n) is 4.18. The Morgan fingerprint density at radius 1 is 1.19 bits per heavy atom. The lowest BCUT2D eigenvalue weighted by Crippen LogP contribution is -2.17. The van der Waals surface area contributed by atoms with Gasteiger partial charge in [0.05, 0.1) is 22.2 Å². The van der Waals surface area contributed by atoms with Gasteiger partial charge in [0.15, 0.2) is 11.5 Å². The van der Waals surface area contributed by atoms with E-state index in [4.69, 9.17) is 9.47 Å². The molecule has 9 nitrogen and oxygen atoms in total. The number of nitrogens with zero attached hydrogens (tertiary/aromatic N) is 3. The average Bonchev–Trinajstić information content (AvgIpc) is 2.79. The Balaban J connectivity index is 1.71. The fraction of sp³-hybridized carbons (Fsp3) is 0.136. The first kappa shape index (κ1) is 22.9. The second-order valence-electron chi connectivity index (χ2n) is 6.41. The molecule has 3 rings (SSSR count). The standard InChI is InChI=1S/C22H19BrN4O5/c1-2-31-20-12-16(13-25-26-22(28)17-7-9-24-10-8-17)11-19(23)21(20)32-14-15-3-5-18(6-4-15)27(29)30/h3-13H,2,14H2,1H3,(H,26,28)/b25-13+. The molecule has 1 amide bonds. The summed E-state index contributed by atoms with van der Waals surface area (Å²) in [4.78, 5) is 26.3. The number of halogens is 1. The summed E-state index contributed by atoms with van der Waals surface area (Å²) >= 11 is 3.48. The number of aromatic nitrogens is 1. The van der Waals surface area contributed by atoms with Gasteiger partial charge in [-0.1, -0.05) is 0 Å². The predicted molar refractivity (Wildman–Crippen MR) is 122 cm³/mol. The number of ether oxygens (including phenoxy) is 2. The summed E-state index contributed by atoms with van der Waals surface area (Å²) in [5.74, 6) is 0.629. The number of nitro benzene ring substituents is 1. The molecule has 0 aliphatic carbocycles. The molecule has 1 N–H and O–H groups in total. The molecule has 0 spiro atoms. The van der Waals surface area contributed by atoms with Crippen LogP contribution in [0.2, 0.25) is 0 Å². The molecule has 0 radical (unpaired) electrons. The van der Waals surface area contributed by atoms with Gasteiger partial charge in [-0.25, -0.2) is 5.43 Å². The third kappa shape index (κ3) is 6.11. The quantitative estimate of drug-likeness (QED) is 0.264. The van der Waals surface area contributed by atoms with Gasteiger partial charge >= 0.3 is 0 Å². The summed E-state index contributed by atoms with van der Waals surface area (Å²) in [6.45, 7) is 2.47. The van der Waals surface area contributed by atoms with Crippen molar-refractivity contribution in [3.05, 3.63) is 92.2 Å². The molecule has 0 aliphatic heterocycles. The average molecular weight is 499 g/mol. The van der Waals surface area contributed by atoms with E-state index in [0.29, 0.717) is 33.7 Å². The summed E-state index contributed by atoms with van der Waals surface area (Å²) in [6.07, 6.45) is 4.55. The molecule has 10 heteroatoms. The third-order valence-corrected chi connectivity index (χ3v) is 4.77. The van der Waals surface area contributed by atoms with Gasteiger partial charge in [-0.3, -0.25) is 19.9 Å². The minimum Gasteiger partial charge on any atom is -0.490 e. The lowest BCUT2D eigenvalue weighted by molar-refractivity contribution is -0.384. The number of nitrogens with one attached hydrogen (secondary N) is 1. The Morgan fingerprint density at radius 2 is 1.91 bits per heavy atom. The number of hydrogen-bond acceptors (Lipinski definition) is 7. The van der Waals surface area contributed by atoms with Crippen LogP contribution in [0, 0.1) is 10.1 Å². The van der Waals surface area contributed by atoms with Crippen molar-refractivity contribution in [2.45, 2.75) is 13.5 Å². The number of pyridine rings is 1. The normalized spacial score (nSPS) is 10.7. The number of hydrogen-bond donors (Lipinski definition) is 1. The lowest BCUT2D eigenvalue weighted by atomic mass is 10.2. The molecule has 164 valence electrons. The Kier molecular flexibility index (Phi) is 7.87. The second kappa shape index (κ2) is 11.0. The minimum atomic E-state index is -0.450. The number of rotatable bonds is 9. The molecule has 32 heavy (non-hydrogen) atoms. The van der Waals surface area contributed by atoms with E-state index in [-0.39, 0.29) is 18.2 Å². The zero-order valence-electron chi connectivity index (χ0n) is 17.0. The molecule has 1 aromatic heterocycles. The number of carbonyl (C=O) groups is 1. The maximum Gasteiger partial charge on any atom is 0.271 e. The second-order valence-corrected chi connectivity index (χ2v) is 7.26. The van der Waals surface area contributed by atoms with Crippen LogP contribution in [-0.2, 0) is 6.61 Å². The van der Waals surface area contributed by atoms with E-state index >= 15 is 0 Å². The highest BCUT2D eigenvalue weighted by Gasteiger charge is 2.13. The van der Waals surface area contributed by atoms with Crippen molar-refractivity contribution in [3.8, 4) is 11.5 Å². The molecule has 2 aromatic carbocycles. The molecule has 0 bridgehead atoms. The van der Waals surface area contributed by atoms with Crippen LogP contribution in [0.1, 0.15) is 28.4 Å². The number of hydrazone groups is 1. The first-order chi connectivity index (χ1) is 15.5. The first-order valence-corrected chi connectivity index (χ1v) is 10.3. The van der Waals surface area contributed by atoms with E-state index in [9.17, 15) is 14.9 Å². The van der Waals surface area contributed by atoms with E-state index in [2.05, 4.69) is 31.4 Å². The Hall–Kier alpha value is -3.79. The van der Waals surface area contributed by atoms with Gasteiger partial charge in [0, 0.05) is 30.1 Å². The largest absolute Gasteiger partial charge is 0.490 e. The number of benzene rings is 2. The molecule has 0 atom stereocenters. The van der Waals surface area contributed by atoms with Crippen LogP contribution >= 0.6 is 15.9 Å². The molecule has 3 aromatic rings. The summed E-state index contributed by atoms with van der Waals surface area (Å²) in [5, 5.41) is 14.8. The Morgan fingerprint density at radius 3 is 2.56 bits per heavy atom. The SMILES string of the molecule is CCOc1cc(/C=N/NC(=O)c2ccncc2)cc(Br)c1OCc1ccc([N+](=O)[O-])cc1. The highest BCUT2D eigenvalue weighted by atomic mass is 79.9. The van der Waals surface area contributed by atoms with Gasteiger partial charge in [0.25, 0.3) is 11.6 Å². The van der Waals surface area contributed by atoms with E-state index in [1.54, 1.807) is 36.4 Å². The molecule has 0 unspecified atom stereocenters. The summed E-state index contributed by atoms with van der Waals surface area (Å²) < 4.78 is 12.2. The van der Waals surface area contributed by atoms with Crippen LogP contribution in [0.3, 0.4) is 0 Å². The van der Waals surface area contributed by atoms with Crippen molar-refractivity contribution in [1.29, 1.82) is 0 Å².